The SMILES string of the molecule is Cc1cccc(N2[C@H]3CCN(C(=O)CCC(=O)O)C[C@H]3C[C@@]2(C)Cc2cccc(F)c2)c1. The van der Waals surface area contributed by atoms with Gasteiger partial charge in [0.05, 0.1) is 6.42 Å². The van der Waals surface area contributed by atoms with Crippen molar-refractivity contribution >= 4 is 17.6 Å². The third-order valence-corrected chi connectivity index (χ3v) is 6.97. The zero-order valence-corrected chi connectivity index (χ0v) is 18.8. The lowest BCUT2D eigenvalue weighted by molar-refractivity contribution is -0.141. The van der Waals surface area contributed by atoms with Gasteiger partial charge in [-0.2, -0.15) is 0 Å². The molecule has 2 saturated heterocycles. The largest absolute Gasteiger partial charge is 0.481 e. The van der Waals surface area contributed by atoms with E-state index in [4.69, 9.17) is 5.11 Å². The molecule has 0 aromatic heterocycles. The molecular weight excluding hydrogens is 407 g/mol. The van der Waals surface area contributed by atoms with Crippen molar-refractivity contribution in [2.45, 2.75) is 57.5 Å². The summed E-state index contributed by atoms with van der Waals surface area (Å²) in [5, 5.41) is 8.92. The number of benzene rings is 2. The van der Waals surface area contributed by atoms with Gasteiger partial charge in [0.1, 0.15) is 5.82 Å². The highest BCUT2D eigenvalue weighted by molar-refractivity contribution is 5.80. The monoisotopic (exact) mass is 438 g/mol. The number of fused-ring (bicyclic) bond motifs is 1. The van der Waals surface area contributed by atoms with Crippen molar-refractivity contribution < 1.29 is 19.1 Å². The van der Waals surface area contributed by atoms with Crippen molar-refractivity contribution in [1.29, 1.82) is 0 Å². The van der Waals surface area contributed by atoms with Gasteiger partial charge in [-0.15, -0.1) is 0 Å². The van der Waals surface area contributed by atoms with E-state index < -0.39 is 5.97 Å². The number of aryl methyl sites for hydroxylation is 1. The number of amides is 1. The minimum absolute atomic E-state index is 0.0505. The lowest BCUT2D eigenvalue weighted by Crippen LogP contribution is -2.51. The van der Waals surface area contributed by atoms with Crippen LogP contribution >= 0.6 is 0 Å². The number of hydrogen-bond donors (Lipinski definition) is 1. The number of anilines is 1. The van der Waals surface area contributed by atoms with Crippen LogP contribution in [0.25, 0.3) is 0 Å². The molecule has 5 nitrogen and oxygen atoms in total. The number of piperidine rings is 1. The maximum absolute atomic E-state index is 13.9. The fourth-order valence-electron chi connectivity index (χ4n) is 5.75. The zero-order valence-electron chi connectivity index (χ0n) is 18.8. The van der Waals surface area contributed by atoms with E-state index in [-0.39, 0.29) is 36.0 Å². The first-order valence-corrected chi connectivity index (χ1v) is 11.4. The Morgan fingerprint density at radius 2 is 1.94 bits per heavy atom. The Morgan fingerprint density at radius 1 is 1.16 bits per heavy atom. The Morgan fingerprint density at radius 3 is 2.66 bits per heavy atom. The van der Waals surface area contributed by atoms with Crippen molar-refractivity contribution in [3.05, 3.63) is 65.5 Å². The summed E-state index contributed by atoms with van der Waals surface area (Å²) in [6.07, 6.45) is 2.38. The van der Waals surface area contributed by atoms with Gasteiger partial charge in [-0.3, -0.25) is 9.59 Å². The molecule has 0 unspecified atom stereocenters. The van der Waals surface area contributed by atoms with E-state index in [2.05, 4.69) is 43.0 Å². The van der Waals surface area contributed by atoms with Crippen LogP contribution < -0.4 is 4.90 Å². The first kappa shape index (κ1) is 22.3. The van der Waals surface area contributed by atoms with Crippen LogP contribution in [0.4, 0.5) is 10.1 Å². The van der Waals surface area contributed by atoms with E-state index in [1.165, 1.54) is 17.3 Å². The number of aliphatic carboxylic acids is 1. The second-order valence-electron chi connectivity index (χ2n) is 9.57. The van der Waals surface area contributed by atoms with Gasteiger partial charge >= 0.3 is 5.97 Å². The van der Waals surface area contributed by atoms with Crippen molar-refractivity contribution in [1.82, 2.24) is 4.90 Å². The topological polar surface area (TPSA) is 60.9 Å². The molecule has 0 bridgehead atoms. The summed E-state index contributed by atoms with van der Waals surface area (Å²) in [5.41, 5.74) is 3.12. The minimum Gasteiger partial charge on any atom is -0.481 e. The van der Waals surface area contributed by atoms with E-state index in [1.807, 2.05) is 11.0 Å². The summed E-state index contributed by atoms with van der Waals surface area (Å²) >= 11 is 0. The molecule has 0 saturated carbocycles. The van der Waals surface area contributed by atoms with Crippen molar-refractivity contribution in [2.24, 2.45) is 5.92 Å². The highest BCUT2D eigenvalue weighted by atomic mass is 19.1. The molecule has 0 radical (unpaired) electrons. The summed E-state index contributed by atoms with van der Waals surface area (Å²) in [4.78, 5) is 27.8. The van der Waals surface area contributed by atoms with Gasteiger partial charge in [-0.1, -0.05) is 24.3 Å². The van der Waals surface area contributed by atoms with Crippen LogP contribution in [0, 0.1) is 18.7 Å². The van der Waals surface area contributed by atoms with Crippen molar-refractivity contribution in [3.63, 3.8) is 0 Å². The molecule has 2 heterocycles. The van der Waals surface area contributed by atoms with Gasteiger partial charge in [0, 0.05) is 36.8 Å². The first-order chi connectivity index (χ1) is 15.2. The van der Waals surface area contributed by atoms with Gasteiger partial charge in [0.25, 0.3) is 0 Å². The van der Waals surface area contributed by atoms with Gasteiger partial charge in [-0.25, -0.2) is 4.39 Å². The summed E-state index contributed by atoms with van der Waals surface area (Å²) in [6.45, 7) is 5.61. The lowest BCUT2D eigenvalue weighted by Gasteiger charge is -2.43. The Kier molecular flexibility index (Phi) is 6.22. The molecular formula is C26H31FN2O3. The number of likely N-dealkylation sites (tertiary alicyclic amines) is 1. The smallest absolute Gasteiger partial charge is 0.303 e. The molecule has 1 N–H and O–H groups in total. The van der Waals surface area contributed by atoms with Gasteiger partial charge in [0.2, 0.25) is 5.91 Å². The average Bonchev–Trinajstić information content (AvgIpc) is 3.02. The molecule has 2 aromatic carbocycles. The van der Waals surface area contributed by atoms with Crippen LogP contribution in [-0.2, 0) is 16.0 Å². The second-order valence-corrected chi connectivity index (χ2v) is 9.57. The third-order valence-electron chi connectivity index (χ3n) is 6.97. The van der Waals surface area contributed by atoms with Crippen LogP contribution in [0.1, 0.15) is 43.7 Å². The lowest BCUT2D eigenvalue weighted by atomic mass is 9.85. The van der Waals surface area contributed by atoms with Crippen molar-refractivity contribution in [2.75, 3.05) is 18.0 Å². The summed E-state index contributed by atoms with van der Waals surface area (Å²) in [5.74, 6) is -0.954. The molecule has 2 aliphatic heterocycles. The molecule has 0 spiro atoms. The van der Waals surface area contributed by atoms with Crippen LogP contribution in [-0.4, -0.2) is 46.6 Å². The molecule has 1 amide bonds. The molecule has 2 fully saturated rings. The van der Waals surface area contributed by atoms with E-state index in [0.717, 1.165) is 24.8 Å². The number of carbonyl (C=O) groups is 2. The van der Waals surface area contributed by atoms with E-state index in [9.17, 15) is 14.0 Å². The molecule has 170 valence electrons. The molecule has 3 atom stereocenters. The van der Waals surface area contributed by atoms with Gasteiger partial charge < -0.3 is 14.9 Å². The Balaban J connectivity index is 1.61. The highest BCUT2D eigenvalue weighted by Gasteiger charge is 2.50. The Hall–Kier alpha value is -2.89. The minimum atomic E-state index is -0.942. The number of halogens is 1. The van der Waals surface area contributed by atoms with Crippen LogP contribution in [0.15, 0.2) is 48.5 Å². The molecule has 32 heavy (non-hydrogen) atoms. The summed E-state index contributed by atoms with van der Waals surface area (Å²) in [6, 6.07) is 15.6. The fraction of sp³-hybridized carbons (Fsp3) is 0.462. The molecule has 4 rings (SSSR count). The standard InChI is InChI=1S/C26H31FN2O3/c1-18-5-3-8-22(13-18)29-23-11-12-28(24(30)9-10-25(31)32)17-20(23)16-26(29,2)15-19-6-4-7-21(27)14-19/h3-8,13-14,20,23H,9-12,15-17H2,1-2H3,(H,31,32)/t20-,23+,26-/m1/s1. The average molecular weight is 439 g/mol. The molecule has 6 heteroatoms. The normalized spacial score (nSPS) is 25.0. The second kappa shape index (κ2) is 8.93. The number of carbonyl (C=O) groups excluding carboxylic acids is 1. The summed E-state index contributed by atoms with van der Waals surface area (Å²) in [7, 11) is 0. The number of hydrogen-bond acceptors (Lipinski definition) is 3. The predicted octanol–water partition coefficient (Wildman–Crippen LogP) is 4.43. The van der Waals surface area contributed by atoms with Crippen LogP contribution in [0.2, 0.25) is 0 Å². The van der Waals surface area contributed by atoms with E-state index in [0.29, 0.717) is 19.1 Å². The number of carboxylic acids is 1. The summed E-state index contributed by atoms with van der Waals surface area (Å²) < 4.78 is 13.9. The molecule has 2 aromatic rings. The number of rotatable bonds is 6. The third kappa shape index (κ3) is 4.64. The zero-order chi connectivity index (χ0) is 22.9. The maximum atomic E-state index is 13.9. The number of carboxylic acid groups (broad SMARTS) is 1. The molecule has 2 aliphatic rings. The number of nitrogens with zero attached hydrogens (tertiary/aromatic N) is 2. The Bertz CT molecular complexity index is 1010. The van der Waals surface area contributed by atoms with Crippen LogP contribution in [0.5, 0.6) is 0 Å². The van der Waals surface area contributed by atoms with Gasteiger partial charge in [0.15, 0.2) is 0 Å². The van der Waals surface area contributed by atoms with E-state index >= 15 is 0 Å². The quantitative estimate of drug-likeness (QED) is 0.725. The predicted molar refractivity (Wildman–Crippen MR) is 122 cm³/mol. The fourth-order valence-corrected chi connectivity index (χ4v) is 5.75. The maximum Gasteiger partial charge on any atom is 0.303 e. The first-order valence-electron chi connectivity index (χ1n) is 11.4. The van der Waals surface area contributed by atoms with Crippen molar-refractivity contribution in [3.8, 4) is 0 Å². The van der Waals surface area contributed by atoms with Gasteiger partial charge in [-0.05, 0) is 74.4 Å². The molecule has 0 aliphatic carbocycles. The van der Waals surface area contributed by atoms with Crippen LogP contribution in [0.3, 0.4) is 0 Å². The van der Waals surface area contributed by atoms with E-state index in [1.54, 1.807) is 12.1 Å². The Labute approximate surface area is 188 Å². The highest BCUT2D eigenvalue weighted by Crippen LogP contribution is 2.46.